The second kappa shape index (κ2) is 8.65. The number of esters is 3. The van der Waals surface area contributed by atoms with E-state index in [-0.39, 0.29) is 53.3 Å². The Labute approximate surface area is 262 Å². The minimum Gasteiger partial charge on any atom is -0.466 e. The quantitative estimate of drug-likeness (QED) is 0.210. The number of aliphatic hydroxyl groups is 2. The fourth-order valence-electron chi connectivity index (χ4n) is 11.9. The second-order valence-corrected chi connectivity index (χ2v) is 15.6. The van der Waals surface area contributed by atoms with Crippen molar-refractivity contribution in [1.29, 1.82) is 0 Å². The van der Waals surface area contributed by atoms with E-state index in [0.717, 1.165) is 24.0 Å². The van der Waals surface area contributed by atoms with Crippen molar-refractivity contribution in [2.45, 2.75) is 84.5 Å². The Morgan fingerprint density at radius 2 is 1.76 bits per heavy atom. The molecule has 0 unspecified atom stereocenters. The molecule has 45 heavy (non-hydrogen) atoms. The van der Waals surface area contributed by atoms with Crippen molar-refractivity contribution in [3.05, 3.63) is 45.1 Å². The molecule has 2 N–H and O–H groups in total. The number of methoxy groups -OCH3 is 1. The third kappa shape index (κ3) is 3.09. The molecule has 0 radical (unpaired) electrons. The second-order valence-electron chi connectivity index (χ2n) is 15.6. The summed E-state index contributed by atoms with van der Waals surface area (Å²) in [5, 5.41) is 24.2. The summed E-state index contributed by atoms with van der Waals surface area (Å²) in [7, 11) is 1.27. The van der Waals surface area contributed by atoms with Gasteiger partial charge in [-0.05, 0) is 93.6 Å². The SMILES string of the molecule is C/C=C(\C)C(=O)OC[C@]1(O)[C@H]2C[C@H]2[C@]2(C)[C@@H]3CC4=C5[C@H](/C(=C(\C)C(=O)OC)C(=O)[C@H](O)[C@@]5(C)[C@@H]5C[C@H]45)[C@@]34OC(=O)C(C)=C4C[C@@H]12. The van der Waals surface area contributed by atoms with Crippen LogP contribution < -0.4 is 0 Å². The van der Waals surface area contributed by atoms with Crippen LogP contribution in [-0.2, 0) is 33.4 Å². The zero-order chi connectivity index (χ0) is 32.3. The average molecular weight is 619 g/mol. The van der Waals surface area contributed by atoms with E-state index in [4.69, 9.17) is 14.2 Å². The Morgan fingerprint density at radius 1 is 1.04 bits per heavy atom. The van der Waals surface area contributed by atoms with Crippen LogP contribution in [0.15, 0.2) is 45.1 Å². The molecule has 0 aromatic heterocycles. The maximum atomic E-state index is 14.3. The maximum absolute atomic E-state index is 14.3. The molecule has 240 valence electrons. The van der Waals surface area contributed by atoms with Gasteiger partial charge in [0.05, 0.1) is 13.0 Å². The molecule has 1 spiro atoms. The number of hydrogen-bond acceptors (Lipinski definition) is 9. The van der Waals surface area contributed by atoms with Gasteiger partial charge in [0.1, 0.15) is 23.9 Å². The summed E-state index contributed by atoms with van der Waals surface area (Å²) in [6.07, 6.45) is 3.01. The number of hydrogen-bond donors (Lipinski definition) is 2. The van der Waals surface area contributed by atoms with Gasteiger partial charge in [-0.1, -0.05) is 25.5 Å². The zero-order valence-corrected chi connectivity index (χ0v) is 27.0. The molecule has 1 aliphatic heterocycles. The lowest BCUT2D eigenvalue weighted by atomic mass is 9.42. The highest BCUT2D eigenvalue weighted by Gasteiger charge is 2.84. The van der Waals surface area contributed by atoms with Crippen LogP contribution in [0, 0.1) is 52.3 Å². The first-order chi connectivity index (χ1) is 21.1. The molecular weight excluding hydrogens is 576 g/mol. The predicted molar refractivity (Wildman–Crippen MR) is 159 cm³/mol. The van der Waals surface area contributed by atoms with Gasteiger partial charge in [-0.3, -0.25) is 4.79 Å². The van der Waals surface area contributed by atoms with Gasteiger partial charge in [-0.15, -0.1) is 0 Å². The number of fused-ring (bicyclic) bond motifs is 7. The number of rotatable bonds is 4. The summed E-state index contributed by atoms with van der Waals surface area (Å²) in [4.78, 5) is 53.9. The van der Waals surface area contributed by atoms with E-state index in [2.05, 4.69) is 6.92 Å². The van der Waals surface area contributed by atoms with Gasteiger partial charge < -0.3 is 24.4 Å². The van der Waals surface area contributed by atoms with E-state index in [0.29, 0.717) is 24.0 Å². The van der Waals surface area contributed by atoms with Crippen LogP contribution in [-0.4, -0.2) is 64.9 Å². The molecule has 0 bridgehead atoms. The number of aliphatic hydroxyl groups excluding tert-OH is 1. The summed E-state index contributed by atoms with van der Waals surface area (Å²) >= 11 is 0. The third-order valence-corrected chi connectivity index (χ3v) is 14.3. The van der Waals surface area contributed by atoms with Crippen LogP contribution in [0.2, 0.25) is 0 Å². The number of allylic oxidation sites excluding steroid dienone is 2. The van der Waals surface area contributed by atoms with Crippen LogP contribution in [0.25, 0.3) is 0 Å². The van der Waals surface area contributed by atoms with Gasteiger partial charge >= 0.3 is 17.9 Å². The lowest BCUT2D eigenvalue weighted by molar-refractivity contribution is -0.191. The van der Waals surface area contributed by atoms with Crippen molar-refractivity contribution in [2.75, 3.05) is 13.7 Å². The molecule has 8 aliphatic rings. The van der Waals surface area contributed by atoms with Gasteiger partial charge in [0, 0.05) is 39.5 Å². The highest BCUT2D eigenvalue weighted by atomic mass is 16.6. The van der Waals surface area contributed by atoms with Crippen LogP contribution in [0.4, 0.5) is 0 Å². The largest absolute Gasteiger partial charge is 0.466 e. The molecule has 0 saturated heterocycles. The monoisotopic (exact) mass is 618 g/mol. The van der Waals surface area contributed by atoms with Crippen molar-refractivity contribution in [2.24, 2.45) is 52.3 Å². The number of ketones is 1. The summed E-state index contributed by atoms with van der Waals surface area (Å²) in [6, 6.07) is 0. The van der Waals surface area contributed by atoms with Crippen LogP contribution in [0.3, 0.4) is 0 Å². The molecule has 5 fully saturated rings. The smallest absolute Gasteiger partial charge is 0.334 e. The Morgan fingerprint density at radius 3 is 2.42 bits per heavy atom. The van der Waals surface area contributed by atoms with E-state index in [1.54, 1.807) is 33.8 Å². The molecule has 7 aliphatic carbocycles. The molecule has 1 heterocycles. The number of Topliss-reactive ketones (excluding diaryl/α,β-unsaturated/α-hetero) is 1. The molecule has 0 aromatic rings. The molecule has 8 rings (SSSR count). The van der Waals surface area contributed by atoms with E-state index in [9.17, 15) is 29.4 Å². The van der Waals surface area contributed by atoms with Crippen molar-refractivity contribution < 1.29 is 43.6 Å². The summed E-state index contributed by atoms with van der Waals surface area (Å²) in [5.74, 6) is -3.01. The normalized spacial score (nSPS) is 49.3. The Kier molecular flexibility index (Phi) is 5.64. The topological polar surface area (TPSA) is 136 Å². The molecule has 5 saturated carbocycles. The number of carbonyl (C=O) groups is 4. The number of carbonyl (C=O) groups excluding carboxylic acids is 4. The first-order valence-electron chi connectivity index (χ1n) is 16.4. The third-order valence-electron chi connectivity index (χ3n) is 14.3. The van der Waals surface area contributed by atoms with Crippen molar-refractivity contribution in [3.8, 4) is 0 Å². The highest BCUT2D eigenvalue weighted by Crippen LogP contribution is 2.83. The molecular formula is C36H42O9. The van der Waals surface area contributed by atoms with Gasteiger partial charge in [-0.2, -0.15) is 0 Å². The lowest BCUT2D eigenvalue weighted by Crippen LogP contribution is -2.67. The zero-order valence-electron chi connectivity index (χ0n) is 27.0. The van der Waals surface area contributed by atoms with Gasteiger partial charge in [0.25, 0.3) is 0 Å². The van der Waals surface area contributed by atoms with Gasteiger partial charge in [-0.25, -0.2) is 14.4 Å². The van der Waals surface area contributed by atoms with E-state index in [1.807, 2.05) is 6.92 Å². The number of ether oxygens (including phenoxy) is 3. The molecule has 12 atom stereocenters. The van der Waals surface area contributed by atoms with Gasteiger partial charge in [0.2, 0.25) is 0 Å². The standard InChI is InChI=1S/C36H42O9/c1-8-14(2)30(39)44-13-35(42)22-11-21(22)33(5)23(35)12-19-15(3)32(41)45-36(19)24(33)10-18-17-9-20(17)34(6)26(18)27(36)25(28(37)29(34)38)16(4)31(40)43-7/h8,17,20-24,27,29,38,42H,9-13H2,1-7H3/b14-8+,25-16-/t17-,20-,21-,22+,23-,24+,27+,29+,33+,34+,35+,36+/m1/s1. The first kappa shape index (κ1) is 29.4. The molecule has 9 nitrogen and oxygen atoms in total. The molecule has 0 aromatic carbocycles. The Bertz CT molecular complexity index is 1660. The van der Waals surface area contributed by atoms with E-state index in [1.165, 1.54) is 12.7 Å². The van der Waals surface area contributed by atoms with Crippen molar-refractivity contribution in [1.82, 2.24) is 0 Å². The first-order valence-corrected chi connectivity index (χ1v) is 16.4. The minimum absolute atomic E-state index is 0.0711. The minimum atomic E-state index is -1.31. The highest BCUT2D eigenvalue weighted by molar-refractivity contribution is 6.09. The summed E-state index contributed by atoms with van der Waals surface area (Å²) in [5.41, 5.74) is 0.343. The Hall–Kier alpha value is -3.04. The van der Waals surface area contributed by atoms with Crippen LogP contribution in [0.5, 0.6) is 0 Å². The van der Waals surface area contributed by atoms with Crippen molar-refractivity contribution in [3.63, 3.8) is 0 Å². The fourth-order valence-corrected chi connectivity index (χ4v) is 11.9. The molecule has 0 amide bonds. The maximum Gasteiger partial charge on any atom is 0.334 e. The lowest BCUT2D eigenvalue weighted by Gasteiger charge is -2.63. The van der Waals surface area contributed by atoms with Crippen LogP contribution in [0.1, 0.15) is 67.2 Å². The van der Waals surface area contributed by atoms with Gasteiger partial charge in [0.15, 0.2) is 5.78 Å². The fraction of sp³-hybridized carbons (Fsp3) is 0.667. The van der Waals surface area contributed by atoms with E-state index < -0.39 is 57.7 Å². The van der Waals surface area contributed by atoms with E-state index >= 15 is 0 Å². The average Bonchev–Trinajstić information content (AvgIpc) is 3.93. The summed E-state index contributed by atoms with van der Waals surface area (Å²) in [6.45, 7) is 10.8. The Balaban J connectivity index is 1.35. The van der Waals surface area contributed by atoms with Crippen LogP contribution >= 0.6 is 0 Å². The molecule has 9 heteroatoms. The predicted octanol–water partition coefficient (Wildman–Crippen LogP) is 3.54. The van der Waals surface area contributed by atoms with Crippen molar-refractivity contribution >= 4 is 23.7 Å². The summed E-state index contributed by atoms with van der Waals surface area (Å²) < 4.78 is 17.5.